The zero-order chi connectivity index (χ0) is 26.0. The fourth-order valence-electron chi connectivity index (χ4n) is 7.83. The van der Waals surface area contributed by atoms with Crippen molar-refractivity contribution in [3.05, 3.63) is 53.9 Å². The van der Waals surface area contributed by atoms with Gasteiger partial charge in [0.25, 0.3) is 0 Å². The highest BCUT2D eigenvalue weighted by Crippen LogP contribution is 2.40. The third-order valence-electron chi connectivity index (χ3n) is 9.82. The number of fused-ring (bicyclic) bond motifs is 5. The van der Waals surface area contributed by atoms with Crippen LogP contribution in [-0.2, 0) is 13.0 Å². The number of aromatic nitrogens is 4. The normalized spacial score (nSPS) is 23.9. The molecule has 0 spiro atoms. The second-order valence-electron chi connectivity index (χ2n) is 12.0. The molecule has 4 aliphatic rings. The van der Waals surface area contributed by atoms with E-state index in [9.17, 15) is 0 Å². The minimum atomic E-state index is 0.163. The molecular weight excluding hydrogens is 486 g/mol. The molecule has 202 valence electrons. The van der Waals surface area contributed by atoms with Crippen LogP contribution in [0.5, 0.6) is 5.88 Å². The SMILES string of the molecule is CCc1cccc2cccc(Cn3cnc4c(OCC56CCCN5CCC6)nc(N5C[C@H]6C[C@@H]5CN6)nc43)c12. The Bertz CT molecular complexity index is 1530. The minimum absolute atomic E-state index is 0.163. The first-order valence-corrected chi connectivity index (χ1v) is 14.8. The molecule has 0 unspecified atom stereocenters. The summed E-state index contributed by atoms with van der Waals surface area (Å²) in [5.41, 5.74) is 4.48. The number of hydrogen-bond acceptors (Lipinski definition) is 7. The Balaban J connectivity index is 1.20. The quantitative estimate of drug-likeness (QED) is 0.390. The predicted octanol–water partition coefficient (Wildman–Crippen LogP) is 4.15. The van der Waals surface area contributed by atoms with Crippen molar-refractivity contribution in [3.63, 3.8) is 0 Å². The van der Waals surface area contributed by atoms with Crippen molar-refractivity contribution >= 4 is 27.9 Å². The van der Waals surface area contributed by atoms with Gasteiger partial charge in [-0.2, -0.15) is 9.97 Å². The topological polar surface area (TPSA) is 71.3 Å². The highest BCUT2D eigenvalue weighted by molar-refractivity contribution is 5.89. The zero-order valence-corrected chi connectivity index (χ0v) is 22.8. The molecule has 6 heterocycles. The smallest absolute Gasteiger partial charge is 0.247 e. The highest BCUT2D eigenvalue weighted by atomic mass is 16.5. The van der Waals surface area contributed by atoms with E-state index in [1.165, 1.54) is 60.7 Å². The van der Waals surface area contributed by atoms with E-state index in [-0.39, 0.29) is 5.54 Å². The Morgan fingerprint density at radius 1 is 1.05 bits per heavy atom. The molecule has 2 atom stereocenters. The molecule has 2 bridgehead atoms. The van der Waals surface area contributed by atoms with Crippen LogP contribution in [0.2, 0.25) is 0 Å². The molecule has 1 N–H and O–H groups in total. The zero-order valence-electron chi connectivity index (χ0n) is 22.8. The molecule has 0 amide bonds. The Morgan fingerprint density at radius 3 is 2.62 bits per heavy atom. The molecule has 2 aromatic carbocycles. The maximum absolute atomic E-state index is 6.65. The standard InChI is InChI=1S/C31H37N7O/c1-2-21-7-3-8-22-9-4-10-23(26(21)22)17-36-20-33-27-28(36)34-30(38-18-24-15-25(38)16-32-24)35-29(27)39-19-31-11-5-13-37(31)14-6-12-31/h3-4,7-10,20,24-25,32H,2,5-6,11-19H2,1H3/t24-,25-/m1/s1. The lowest BCUT2D eigenvalue weighted by Crippen LogP contribution is -2.44. The predicted molar refractivity (Wildman–Crippen MR) is 154 cm³/mol. The van der Waals surface area contributed by atoms with Gasteiger partial charge < -0.3 is 19.5 Å². The average molecular weight is 524 g/mol. The Labute approximate surface area is 229 Å². The number of ether oxygens (including phenoxy) is 1. The summed E-state index contributed by atoms with van der Waals surface area (Å²) in [6.07, 6.45) is 9.04. The van der Waals surface area contributed by atoms with Crippen molar-refractivity contribution in [1.82, 2.24) is 29.7 Å². The number of piperazine rings is 1. The molecule has 8 heteroatoms. The van der Waals surface area contributed by atoms with Gasteiger partial charge in [0.15, 0.2) is 11.2 Å². The summed E-state index contributed by atoms with van der Waals surface area (Å²) in [6.45, 7) is 7.96. The van der Waals surface area contributed by atoms with E-state index in [1.807, 2.05) is 6.33 Å². The van der Waals surface area contributed by atoms with E-state index < -0.39 is 0 Å². The number of anilines is 1. The van der Waals surface area contributed by atoms with Crippen LogP contribution >= 0.6 is 0 Å². The van der Waals surface area contributed by atoms with Crippen LogP contribution in [0.15, 0.2) is 42.7 Å². The van der Waals surface area contributed by atoms with Crippen molar-refractivity contribution in [1.29, 1.82) is 0 Å². The number of imidazole rings is 1. The van der Waals surface area contributed by atoms with E-state index in [1.54, 1.807) is 0 Å². The molecule has 0 radical (unpaired) electrons. The summed E-state index contributed by atoms with van der Waals surface area (Å²) >= 11 is 0. The highest BCUT2D eigenvalue weighted by Gasteiger charge is 2.45. The van der Waals surface area contributed by atoms with Gasteiger partial charge in [-0.25, -0.2) is 4.98 Å². The summed E-state index contributed by atoms with van der Waals surface area (Å²) in [4.78, 5) is 20.1. The van der Waals surface area contributed by atoms with Crippen LogP contribution in [-0.4, -0.2) is 74.8 Å². The number of rotatable bonds is 7. The van der Waals surface area contributed by atoms with E-state index in [2.05, 4.69) is 63.0 Å². The molecule has 8 rings (SSSR count). The molecule has 4 aromatic rings. The number of benzene rings is 2. The largest absolute Gasteiger partial charge is 0.474 e. The molecule has 4 fully saturated rings. The van der Waals surface area contributed by atoms with Crippen molar-refractivity contribution in [3.8, 4) is 5.88 Å². The second kappa shape index (κ2) is 9.17. The van der Waals surface area contributed by atoms with Gasteiger partial charge in [0.2, 0.25) is 11.8 Å². The van der Waals surface area contributed by atoms with Gasteiger partial charge in [0.1, 0.15) is 6.61 Å². The summed E-state index contributed by atoms with van der Waals surface area (Å²) in [7, 11) is 0. The van der Waals surface area contributed by atoms with E-state index >= 15 is 0 Å². The van der Waals surface area contributed by atoms with Crippen LogP contribution in [0.1, 0.15) is 50.2 Å². The lowest BCUT2D eigenvalue weighted by molar-refractivity contribution is 0.111. The lowest BCUT2D eigenvalue weighted by Gasteiger charge is -2.32. The van der Waals surface area contributed by atoms with Gasteiger partial charge in [0.05, 0.1) is 18.4 Å². The summed E-state index contributed by atoms with van der Waals surface area (Å²) < 4.78 is 8.84. The minimum Gasteiger partial charge on any atom is -0.474 e. The first-order chi connectivity index (χ1) is 19.2. The molecule has 2 aromatic heterocycles. The van der Waals surface area contributed by atoms with Crippen molar-refractivity contribution < 1.29 is 4.74 Å². The van der Waals surface area contributed by atoms with Gasteiger partial charge in [-0.1, -0.05) is 43.3 Å². The van der Waals surface area contributed by atoms with Crippen LogP contribution in [0, 0.1) is 0 Å². The van der Waals surface area contributed by atoms with E-state index in [0.29, 0.717) is 31.1 Å². The second-order valence-corrected chi connectivity index (χ2v) is 12.0. The lowest BCUT2D eigenvalue weighted by atomic mass is 9.95. The molecule has 0 aliphatic carbocycles. The molecule has 4 aliphatic heterocycles. The molecule has 0 saturated carbocycles. The number of aryl methyl sites for hydroxylation is 1. The summed E-state index contributed by atoms with van der Waals surface area (Å²) in [6, 6.07) is 14.2. The van der Waals surface area contributed by atoms with Gasteiger partial charge in [-0.15, -0.1) is 0 Å². The van der Waals surface area contributed by atoms with Crippen LogP contribution in [0.25, 0.3) is 21.9 Å². The Morgan fingerprint density at radius 2 is 1.87 bits per heavy atom. The van der Waals surface area contributed by atoms with E-state index in [0.717, 1.165) is 43.0 Å². The molecule has 4 saturated heterocycles. The third-order valence-corrected chi connectivity index (χ3v) is 9.82. The maximum atomic E-state index is 6.65. The van der Waals surface area contributed by atoms with Gasteiger partial charge >= 0.3 is 0 Å². The van der Waals surface area contributed by atoms with Gasteiger partial charge in [0, 0.05) is 25.2 Å². The Hall–Kier alpha value is -3.23. The third kappa shape index (κ3) is 3.83. The maximum Gasteiger partial charge on any atom is 0.247 e. The fraction of sp³-hybridized carbons (Fsp3) is 0.516. The van der Waals surface area contributed by atoms with Crippen LogP contribution in [0.3, 0.4) is 0 Å². The first-order valence-electron chi connectivity index (χ1n) is 14.8. The molecule has 8 nitrogen and oxygen atoms in total. The Kier molecular flexibility index (Phi) is 5.56. The molecular formula is C31H37N7O. The van der Waals surface area contributed by atoms with Gasteiger partial charge in [-0.3, -0.25) is 4.90 Å². The van der Waals surface area contributed by atoms with Crippen molar-refractivity contribution in [2.75, 3.05) is 37.7 Å². The van der Waals surface area contributed by atoms with E-state index in [4.69, 9.17) is 19.7 Å². The first kappa shape index (κ1) is 23.6. The van der Waals surface area contributed by atoms with Crippen LogP contribution in [0.4, 0.5) is 5.95 Å². The fourth-order valence-corrected chi connectivity index (χ4v) is 7.83. The van der Waals surface area contributed by atoms with Gasteiger partial charge in [-0.05, 0) is 73.5 Å². The average Bonchev–Trinajstić information content (AvgIpc) is 3.79. The number of nitrogens with one attached hydrogen (secondary N) is 1. The summed E-state index contributed by atoms with van der Waals surface area (Å²) in [5, 5.41) is 6.24. The van der Waals surface area contributed by atoms with Crippen molar-refractivity contribution in [2.24, 2.45) is 0 Å². The monoisotopic (exact) mass is 523 g/mol. The molecule has 39 heavy (non-hydrogen) atoms. The summed E-state index contributed by atoms with van der Waals surface area (Å²) in [5.74, 6) is 1.43. The number of nitrogens with zero attached hydrogens (tertiary/aromatic N) is 6. The van der Waals surface area contributed by atoms with Crippen molar-refractivity contribution in [2.45, 2.75) is 69.6 Å². The number of hydrogen-bond donors (Lipinski definition) is 1. The van der Waals surface area contributed by atoms with Crippen LogP contribution < -0.4 is 15.0 Å².